The molecule has 0 atom stereocenters. The van der Waals surface area contributed by atoms with Crippen molar-refractivity contribution < 1.29 is 14.3 Å². The second-order valence-electron chi connectivity index (χ2n) is 5.23. The standard InChI is InChI=1S/C17H16FNO2/c1-11-2-4-14(18)8-13(11)10-21-15-5-6-16-12(9-15)3-7-17(16)19-20/h2,4-6,8-9,20H,3,7,10H2,1H3/b19-17+. The van der Waals surface area contributed by atoms with Crippen LogP contribution in [0, 0.1) is 12.7 Å². The van der Waals surface area contributed by atoms with Gasteiger partial charge in [0, 0.05) is 5.56 Å². The minimum absolute atomic E-state index is 0.253. The predicted molar refractivity (Wildman–Crippen MR) is 78.6 cm³/mol. The van der Waals surface area contributed by atoms with Gasteiger partial charge in [-0.05, 0) is 66.8 Å². The van der Waals surface area contributed by atoms with Gasteiger partial charge < -0.3 is 9.94 Å². The van der Waals surface area contributed by atoms with Crippen LogP contribution in [0.25, 0.3) is 0 Å². The maximum Gasteiger partial charge on any atom is 0.123 e. The van der Waals surface area contributed by atoms with Gasteiger partial charge in [0.1, 0.15) is 18.2 Å². The Labute approximate surface area is 122 Å². The minimum Gasteiger partial charge on any atom is -0.489 e. The topological polar surface area (TPSA) is 41.8 Å². The highest BCUT2D eigenvalue weighted by Crippen LogP contribution is 2.27. The molecule has 108 valence electrons. The molecule has 0 heterocycles. The summed E-state index contributed by atoms with van der Waals surface area (Å²) < 4.78 is 19.0. The van der Waals surface area contributed by atoms with Gasteiger partial charge in [0.15, 0.2) is 0 Å². The third-order valence-corrected chi connectivity index (χ3v) is 3.84. The normalized spacial score (nSPS) is 15.2. The van der Waals surface area contributed by atoms with Crippen molar-refractivity contribution in [2.24, 2.45) is 5.16 Å². The van der Waals surface area contributed by atoms with Gasteiger partial charge >= 0.3 is 0 Å². The van der Waals surface area contributed by atoms with E-state index in [1.807, 2.05) is 25.1 Å². The zero-order valence-electron chi connectivity index (χ0n) is 11.8. The molecule has 0 bridgehead atoms. The predicted octanol–water partition coefficient (Wildman–Crippen LogP) is 3.84. The number of rotatable bonds is 3. The lowest BCUT2D eigenvalue weighted by Crippen LogP contribution is -2.00. The first-order valence-electron chi connectivity index (χ1n) is 6.89. The summed E-state index contributed by atoms with van der Waals surface area (Å²) in [6.45, 7) is 2.27. The first-order valence-corrected chi connectivity index (χ1v) is 6.89. The van der Waals surface area contributed by atoms with Crippen LogP contribution in [0.1, 0.15) is 28.7 Å². The van der Waals surface area contributed by atoms with Crippen LogP contribution < -0.4 is 4.74 Å². The lowest BCUT2D eigenvalue weighted by molar-refractivity contribution is 0.304. The van der Waals surface area contributed by atoms with Crippen molar-refractivity contribution in [1.29, 1.82) is 0 Å². The van der Waals surface area contributed by atoms with Crippen molar-refractivity contribution in [3.8, 4) is 5.75 Å². The Balaban J connectivity index is 1.76. The van der Waals surface area contributed by atoms with Gasteiger partial charge in [-0.25, -0.2) is 4.39 Å². The highest BCUT2D eigenvalue weighted by molar-refractivity contribution is 6.04. The molecular formula is C17H16FNO2. The van der Waals surface area contributed by atoms with Crippen molar-refractivity contribution in [2.75, 3.05) is 0 Å². The number of ether oxygens (including phenoxy) is 1. The summed E-state index contributed by atoms with van der Waals surface area (Å²) in [5.41, 5.74) is 4.67. The van der Waals surface area contributed by atoms with Crippen LogP contribution in [0.4, 0.5) is 4.39 Å². The molecule has 0 saturated heterocycles. The number of nitrogens with zero attached hydrogens (tertiary/aromatic N) is 1. The molecule has 0 fully saturated rings. The summed E-state index contributed by atoms with van der Waals surface area (Å²) >= 11 is 0. The molecule has 1 aliphatic carbocycles. The highest BCUT2D eigenvalue weighted by Gasteiger charge is 2.18. The van der Waals surface area contributed by atoms with Crippen LogP contribution in [0.2, 0.25) is 0 Å². The van der Waals surface area contributed by atoms with Crippen molar-refractivity contribution in [3.63, 3.8) is 0 Å². The maximum atomic E-state index is 13.2. The Morgan fingerprint density at radius 3 is 2.86 bits per heavy atom. The molecule has 21 heavy (non-hydrogen) atoms. The zero-order valence-corrected chi connectivity index (χ0v) is 11.8. The quantitative estimate of drug-likeness (QED) is 0.687. The summed E-state index contributed by atoms with van der Waals surface area (Å²) in [4.78, 5) is 0. The first kappa shape index (κ1) is 13.6. The summed E-state index contributed by atoms with van der Waals surface area (Å²) in [7, 11) is 0. The molecule has 1 N–H and O–H groups in total. The molecule has 0 radical (unpaired) electrons. The fraction of sp³-hybridized carbons (Fsp3) is 0.235. The van der Waals surface area contributed by atoms with Gasteiger partial charge in [0.25, 0.3) is 0 Å². The van der Waals surface area contributed by atoms with Gasteiger partial charge in [0.2, 0.25) is 0 Å². The van der Waals surface area contributed by atoms with E-state index in [1.54, 1.807) is 6.07 Å². The van der Waals surface area contributed by atoms with Crippen molar-refractivity contribution in [2.45, 2.75) is 26.4 Å². The molecule has 1 aliphatic rings. The molecule has 4 heteroatoms. The van der Waals surface area contributed by atoms with Gasteiger partial charge in [0.05, 0.1) is 5.71 Å². The molecule has 0 spiro atoms. The Kier molecular flexibility index (Phi) is 3.60. The molecule has 0 unspecified atom stereocenters. The zero-order chi connectivity index (χ0) is 14.8. The van der Waals surface area contributed by atoms with Crippen LogP contribution in [0.3, 0.4) is 0 Å². The summed E-state index contributed by atoms with van der Waals surface area (Å²) in [5.74, 6) is 0.494. The van der Waals surface area contributed by atoms with Crippen LogP contribution >= 0.6 is 0 Å². The summed E-state index contributed by atoms with van der Waals surface area (Å²) in [5, 5.41) is 12.2. The molecule has 0 amide bonds. The van der Waals surface area contributed by atoms with Gasteiger partial charge in [-0.15, -0.1) is 0 Å². The van der Waals surface area contributed by atoms with Crippen LogP contribution in [-0.4, -0.2) is 10.9 Å². The van der Waals surface area contributed by atoms with E-state index in [2.05, 4.69) is 5.16 Å². The molecule has 2 aromatic carbocycles. The summed E-state index contributed by atoms with van der Waals surface area (Å²) in [6.07, 6.45) is 1.60. The Morgan fingerprint density at radius 2 is 2.05 bits per heavy atom. The third-order valence-electron chi connectivity index (χ3n) is 3.84. The van der Waals surface area contributed by atoms with Gasteiger partial charge in [-0.2, -0.15) is 0 Å². The lowest BCUT2D eigenvalue weighted by Gasteiger charge is -2.10. The summed E-state index contributed by atoms with van der Waals surface area (Å²) in [6, 6.07) is 10.4. The van der Waals surface area contributed by atoms with Crippen molar-refractivity contribution in [3.05, 3.63) is 64.5 Å². The number of oxime groups is 1. The molecule has 3 rings (SSSR count). The van der Waals surface area contributed by atoms with Gasteiger partial charge in [-0.3, -0.25) is 0 Å². The van der Waals surface area contributed by atoms with E-state index >= 15 is 0 Å². The fourth-order valence-electron chi connectivity index (χ4n) is 2.60. The van der Waals surface area contributed by atoms with E-state index in [1.165, 1.54) is 12.1 Å². The van der Waals surface area contributed by atoms with E-state index < -0.39 is 0 Å². The minimum atomic E-state index is -0.253. The third kappa shape index (κ3) is 2.75. The number of aryl methyl sites for hydroxylation is 2. The maximum absolute atomic E-state index is 13.2. The number of fused-ring (bicyclic) bond motifs is 1. The second kappa shape index (κ2) is 5.56. The molecule has 0 aliphatic heterocycles. The Hall–Kier alpha value is -2.36. The Morgan fingerprint density at radius 1 is 1.19 bits per heavy atom. The SMILES string of the molecule is Cc1ccc(F)cc1COc1ccc2c(c1)CC/C2=N\O. The van der Waals surface area contributed by atoms with E-state index in [0.717, 1.165) is 46.6 Å². The van der Waals surface area contributed by atoms with Crippen LogP contribution in [0.15, 0.2) is 41.6 Å². The molecule has 3 nitrogen and oxygen atoms in total. The van der Waals surface area contributed by atoms with Crippen LogP contribution in [0.5, 0.6) is 5.75 Å². The molecule has 0 saturated carbocycles. The average Bonchev–Trinajstić information content (AvgIpc) is 2.90. The lowest BCUT2D eigenvalue weighted by atomic mass is 10.1. The van der Waals surface area contributed by atoms with E-state index in [9.17, 15) is 4.39 Å². The molecular weight excluding hydrogens is 269 g/mol. The number of halogens is 1. The smallest absolute Gasteiger partial charge is 0.123 e. The number of hydrogen-bond acceptors (Lipinski definition) is 3. The largest absolute Gasteiger partial charge is 0.489 e. The molecule has 0 aromatic heterocycles. The Bertz CT molecular complexity index is 710. The van der Waals surface area contributed by atoms with Crippen LogP contribution in [-0.2, 0) is 13.0 Å². The second-order valence-corrected chi connectivity index (χ2v) is 5.23. The first-order chi connectivity index (χ1) is 10.2. The van der Waals surface area contributed by atoms with Crippen molar-refractivity contribution in [1.82, 2.24) is 0 Å². The van der Waals surface area contributed by atoms with E-state index in [-0.39, 0.29) is 5.82 Å². The number of hydrogen-bond donors (Lipinski definition) is 1. The average molecular weight is 285 g/mol. The van der Waals surface area contributed by atoms with E-state index in [0.29, 0.717) is 6.61 Å². The monoisotopic (exact) mass is 285 g/mol. The van der Waals surface area contributed by atoms with E-state index in [4.69, 9.17) is 9.94 Å². The highest BCUT2D eigenvalue weighted by atomic mass is 19.1. The molecule has 2 aromatic rings. The van der Waals surface area contributed by atoms with Crippen molar-refractivity contribution >= 4 is 5.71 Å². The van der Waals surface area contributed by atoms with Gasteiger partial charge in [-0.1, -0.05) is 11.2 Å². The number of benzene rings is 2. The fourth-order valence-corrected chi connectivity index (χ4v) is 2.60.